The van der Waals surface area contributed by atoms with E-state index in [1.54, 1.807) is 6.07 Å². The molecule has 0 aromatic carbocycles. The van der Waals surface area contributed by atoms with E-state index in [0.717, 1.165) is 0 Å². The van der Waals surface area contributed by atoms with Gasteiger partial charge < -0.3 is 20.7 Å². The summed E-state index contributed by atoms with van der Waals surface area (Å²) < 4.78 is 4.81. The predicted octanol–water partition coefficient (Wildman–Crippen LogP) is -0.244. The van der Waals surface area contributed by atoms with Gasteiger partial charge in [0.05, 0.1) is 12.8 Å². The highest BCUT2D eigenvalue weighted by Crippen LogP contribution is 1.98. The SMILES string of the molecule is N/C(CNC(=O)c1ccco1)=N\O. The van der Waals surface area contributed by atoms with E-state index in [4.69, 9.17) is 15.4 Å². The van der Waals surface area contributed by atoms with Crippen LogP contribution in [0.15, 0.2) is 28.0 Å². The Morgan fingerprint density at radius 2 is 2.54 bits per heavy atom. The molecule has 0 aliphatic rings. The summed E-state index contributed by atoms with van der Waals surface area (Å²) in [5, 5.41) is 13.2. The second kappa shape index (κ2) is 4.15. The molecule has 0 fully saturated rings. The first-order valence-electron chi connectivity index (χ1n) is 3.52. The fourth-order valence-electron chi connectivity index (χ4n) is 0.701. The monoisotopic (exact) mass is 183 g/mol. The molecule has 13 heavy (non-hydrogen) atoms. The van der Waals surface area contributed by atoms with Crippen LogP contribution in [-0.4, -0.2) is 23.5 Å². The Balaban J connectivity index is 2.44. The Hall–Kier alpha value is -1.98. The summed E-state index contributed by atoms with van der Waals surface area (Å²) in [4.78, 5) is 11.1. The smallest absolute Gasteiger partial charge is 0.287 e. The van der Waals surface area contributed by atoms with Crippen molar-refractivity contribution in [3.63, 3.8) is 0 Å². The highest BCUT2D eigenvalue weighted by atomic mass is 16.4. The second-order valence-electron chi connectivity index (χ2n) is 2.25. The molecule has 0 spiro atoms. The molecule has 1 rings (SSSR count). The molecule has 1 aromatic rings. The summed E-state index contributed by atoms with van der Waals surface area (Å²) in [5.74, 6) is -0.290. The number of carbonyl (C=O) groups is 1. The molecule has 0 aliphatic heterocycles. The average molecular weight is 183 g/mol. The van der Waals surface area contributed by atoms with Gasteiger partial charge in [-0.25, -0.2) is 0 Å². The topological polar surface area (TPSA) is 101 Å². The molecule has 4 N–H and O–H groups in total. The molecule has 1 amide bonds. The number of hydrogen-bond acceptors (Lipinski definition) is 4. The van der Waals surface area contributed by atoms with Crippen molar-refractivity contribution in [2.45, 2.75) is 0 Å². The van der Waals surface area contributed by atoms with Crippen LogP contribution < -0.4 is 11.1 Å². The van der Waals surface area contributed by atoms with Gasteiger partial charge in [-0.3, -0.25) is 4.79 Å². The second-order valence-corrected chi connectivity index (χ2v) is 2.25. The lowest BCUT2D eigenvalue weighted by Crippen LogP contribution is -2.33. The van der Waals surface area contributed by atoms with Crippen LogP contribution in [0.1, 0.15) is 10.6 Å². The third kappa shape index (κ3) is 2.51. The minimum absolute atomic E-state index is 0.0178. The summed E-state index contributed by atoms with van der Waals surface area (Å²) in [7, 11) is 0. The number of oxime groups is 1. The standard InChI is InChI=1S/C7H9N3O3/c8-6(10-12)4-9-7(11)5-2-1-3-13-5/h1-3,12H,4H2,(H2,8,10)(H,9,11). The van der Waals surface area contributed by atoms with Crippen molar-refractivity contribution in [1.82, 2.24) is 5.32 Å². The van der Waals surface area contributed by atoms with Crippen LogP contribution >= 0.6 is 0 Å². The van der Waals surface area contributed by atoms with Crippen LogP contribution in [0.5, 0.6) is 0 Å². The summed E-state index contributed by atoms with van der Waals surface area (Å²) in [5.41, 5.74) is 5.13. The number of nitrogens with two attached hydrogens (primary N) is 1. The van der Waals surface area contributed by atoms with E-state index in [1.807, 2.05) is 0 Å². The van der Waals surface area contributed by atoms with E-state index < -0.39 is 5.91 Å². The van der Waals surface area contributed by atoms with E-state index in [2.05, 4.69) is 10.5 Å². The van der Waals surface area contributed by atoms with E-state index in [9.17, 15) is 4.79 Å². The number of nitrogens with zero attached hydrogens (tertiary/aromatic N) is 1. The first-order chi connectivity index (χ1) is 6.24. The number of nitrogens with one attached hydrogen (secondary N) is 1. The van der Waals surface area contributed by atoms with Gasteiger partial charge in [-0.05, 0) is 12.1 Å². The fraction of sp³-hybridized carbons (Fsp3) is 0.143. The molecule has 0 atom stereocenters. The van der Waals surface area contributed by atoms with E-state index in [0.29, 0.717) is 0 Å². The van der Waals surface area contributed by atoms with Gasteiger partial charge in [-0.1, -0.05) is 5.16 Å². The number of amidine groups is 1. The van der Waals surface area contributed by atoms with Gasteiger partial charge in [0.15, 0.2) is 11.6 Å². The van der Waals surface area contributed by atoms with Crippen molar-refractivity contribution >= 4 is 11.7 Å². The quantitative estimate of drug-likeness (QED) is 0.260. The first kappa shape index (κ1) is 9.11. The van der Waals surface area contributed by atoms with Crippen LogP contribution in [0, 0.1) is 0 Å². The lowest BCUT2D eigenvalue weighted by Gasteiger charge is -1.99. The van der Waals surface area contributed by atoms with Crippen LogP contribution in [0.2, 0.25) is 0 Å². The molecule has 0 bridgehead atoms. The van der Waals surface area contributed by atoms with Crippen molar-refractivity contribution in [1.29, 1.82) is 0 Å². The zero-order valence-corrected chi connectivity index (χ0v) is 6.73. The normalized spacial score (nSPS) is 11.2. The minimum atomic E-state index is -0.406. The van der Waals surface area contributed by atoms with Gasteiger partial charge in [0.2, 0.25) is 0 Å². The molecule has 70 valence electrons. The van der Waals surface area contributed by atoms with E-state index in [-0.39, 0.29) is 18.1 Å². The Kier molecular flexibility index (Phi) is 2.91. The lowest BCUT2D eigenvalue weighted by atomic mass is 10.4. The van der Waals surface area contributed by atoms with Crippen LogP contribution in [0.3, 0.4) is 0 Å². The fourth-order valence-corrected chi connectivity index (χ4v) is 0.701. The zero-order chi connectivity index (χ0) is 9.68. The number of carbonyl (C=O) groups excluding carboxylic acids is 1. The molecular weight excluding hydrogens is 174 g/mol. The molecule has 1 aromatic heterocycles. The van der Waals surface area contributed by atoms with Crippen LogP contribution in [-0.2, 0) is 0 Å². The largest absolute Gasteiger partial charge is 0.459 e. The number of hydrogen-bond donors (Lipinski definition) is 3. The first-order valence-corrected chi connectivity index (χ1v) is 3.52. The maximum atomic E-state index is 11.1. The Labute approximate surface area is 74.0 Å². The van der Waals surface area contributed by atoms with Crippen molar-refractivity contribution in [2.24, 2.45) is 10.9 Å². The summed E-state index contributed by atoms with van der Waals surface area (Å²) >= 11 is 0. The van der Waals surface area contributed by atoms with Crippen molar-refractivity contribution in [2.75, 3.05) is 6.54 Å². The molecule has 0 saturated carbocycles. The van der Waals surface area contributed by atoms with Crippen LogP contribution in [0.4, 0.5) is 0 Å². The molecule has 1 heterocycles. The van der Waals surface area contributed by atoms with Gasteiger partial charge in [0.1, 0.15) is 0 Å². The van der Waals surface area contributed by atoms with E-state index in [1.165, 1.54) is 12.3 Å². The number of amides is 1. The van der Waals surface area contributed by atoms with E-state index >= 15 is 0 Å². The summed E-state index contributed by atoms with van der Waals surface area (Å²) in [6, 6.07) is 3.11. The highest BCUT2D eigenvalue weighted by Gasteiger charge is 2.07. The molecule has 0 aliphatic carbocycles. The lowest BCUT2D eigenvalue weighted by molar-refractivity contribution is 0.0931. The maximum Gasteiger partial charge on any atom is 0.287 e. The Bertz CT molecular complexity index is 305. The zero-order valence-electron chi connectivity index (χ0n) is 6.73. The van der Waals surface area contributed by atoms with Crippen LogP contribution in [0.25, 0.3) is 0 Å². The van der Waals surface area contributed by atoms with Crippen molar-refractivity contribution < 1.29 is 14.4 Å². The molecule has 0 radical (unpaired) electrons. The molecule has 6 heteroatoms. The molecule has 0 saturated heterocycles. The Morgan fingerprint density at radius 1 is 1.77 bits per heavy atom. The van der Waals surface area contributed by atoms with Crippen molar-refractivity contribution in [3.8, 4) is 0 Å². The maximum absolute atomic E-state index is 11.1. The van der Waals surface area contributed by atoms with Gasteiger partial charge in [0, 0.05) is 0 Å². The Morgan fingerprint density at radius 3 is 3.08 bits per heavy atom. The molecule has 6 nitrogen and oxygen atoms in total. The predicted molar refractivity (Wildman–Crippen MR) is 44.5 cm³/mol. The highest BCUT2D eigenvalue weighted by molar-refractivity contribution is 5.94. The third-order valence-corrected chi connectivity index (χ3v) is 1.30. The van der Waals surface area contributed by atoms with Gasteiger partial charge >= 0.3 is 0 Å². The molecule has 0 unspecified atom stereocenters. The van der Waals surface area contributed by atoms with Crippen molar-refractivity contribution in [3.05, 3.63) is 24.2 Å². The number of rotatable bonds is 3. The number of furan rings is 1. The average Bonchev–Trinajstić information content (AvgIpc) is 2.66. The minimum Gasteiger partial charge on any atom is -0.459 e. The van der Waals surface area contributed by atoms with Gasteiger partial charge in [-0.2, -0.15) is 0 Å². The third-order valence-electron chi connectivity index (χ3n) is 1.30. The van der Waals surface area contributed by atoms with Gasteiger partial charge in [0.25, 0.3) is 5.91 Å². The summed E-state index contributed by atoms with van der Waals surface area (Å²) in [6.07, 6.45) is 1.39. The summed E-state index contributed by atoms with van der Waals surface area (Å²) in [6.45, 7) is -0.0178. The van der Waals surface area contributed by atoms with Gasteiger partial charge in [-0.15, -0.1) is 0 Å². The molecular formula is C7H9N3O3.